The van der Waals surface area contributed by atoms with Crippen molar-refractivity contribution in [2.75, 3.05) is 0 Å². The Morgan fingerprint density at radius 3 is 2.67 bits per heavy atom. The number of hydrogen-bond acceptors (Lipinski definition) is 2. The predicted octanol–water partition coefficient (Wildman–Crippen LogP) is 2.88. The van der Waals surface area contributed by atoms with Gasteiger partial charge in [0, 0.05) is 23.6 Å². The number of piperidine rings is 1. The third kappa shape index (κ3) is 3.30. The molecule has 1 aliphatic heterocycles. The minimum atomic E-state index is -0.351. The van der Waals surface area contributed by atoms with Gasteiger partial charge in [0.25, 0.3) is 5.91 Å². The molecule has 0 aromatic heterocycles. The molecule has 2 N–H and O–H groups in total. The molecule has 2 amide bonds. The Bertz CT molecular complexity index is 616. The second-order valence-electron chi connectivity index (χ2n) is 7.14. The Morgan fingerprint density at radius 1 is 1.29 bits per heavy atom. The molecule has 2 fully saturated rings. The van der Waals surface area contributed by atoms with Gasteiger partial charge in [-0.05, 0) is 61.8 Å². The summed E-state index contributed by atoms with van der Waals surface area (Å²) in [5.41, 5.74) is 0.464. The van der Waals surface area contributed by atoms with E-state index in [1.165, 1.54) is 24.3 Å². The van der Waals surface area contributed by atoms with Crippen LogP contribution >= 0.6 is 0 Å². The smallest absolute Gasteiger partial charge is 0.251 e. The first-order valence-corrected chi connectivity index (χ1v) is 8.86. The molecule has 1 aromatic rings. The first kappa shape index (κ1) is 16.9. The zero-order chi connectivity index (χ0) is 17.3. The van der Waals surface area contributed by atoms with Gasteiger partial charge in [-0.1, -0.05) is 13.8 Å². The van der Waals surface area contributed by atoms with Crippen LogP contribution in [0.25, 0.3) is 0 Å². The van der Waals surface area contributed by atoms with E-state index in [-0.39, 0.29) is 35.6 Å². The SMILES string of the molecule is CCC1C(=O)NC2CC(NC(=O)c3ccc(F)cc3)CCC2C1C. The van der Waals surface area contributed by atoms with Gasteiger partial charge in [0.15, 0.2) is 0 Å². The molecule has 1 heterocycles. The van der Waals surface area contributed by atoms with Gasteiger partial charge in [-0.3, -0.25) is 9.59 Å². The first-order valence-electron chi connectivity index (χ1n) is 8.86. The molecular weight excluding hydrogens is 307 g/mol. The molecule has 24 heavy (non-hydrogen) atoms. The number of fused-ring (bicyclic) bond motifs is 1. The zero-order valence-corrected chi connectivity index (χ0v) is 14.2. The highest BCUT2D eigenvalue weighted by Crippen LogP contribution is 2.38. The maximum atomic E-state index is 13.0. The molecule has 130 valence electrons. The van der Waals surface area contributed by atoms with Crippen molar-refractivity contribution in [1.29, 1.82) is 0 Å². The van der Waals surface area contributed by atoms with Gasteiger partial charge in [-0.15, -0.1) is 0 Å². The number of nitrogens with one attached hydrogen (secondary N) is 2. The van der Waals surface area contributed by atoms with Crippen molar-refractivity contribution < 1.29 is 14.0 Å². The Balaban J connectivity index is 1.62. The summed E-state index contributed by atoms with van der Waals surface area (Å²) in [6.07, 6.45) is 3.58. The van der Waals surface area contributed by atoms with Crippen LogP contribution in [-0.2, 0) is 4.79 Å². The van der Waals surface area contributed by atoms with Crippen LogP contribution in [0.2, 0.25) is 0 Å². The molecule has 3 rings (SSSR count). The van der Waals surface area contributed by atoms with Crippen molar-refractivity contribution >= 4 is 11.8 Å². The number of halogens is 1. The molecule has 5 heteroatoms. The summed E-state index contributed by atoms with van der Waals surface area (Å²) >= 11 is 0. The lowest BCUT2D eigenvalue weighted by Crippen LogP contribution is -2.58. The Morgan fingerprint density at radius 2 is 2.00 bits per heavy atom. The van der Waals surface area contributed by atoms with Crippen LogP contribution in [0.5, 0.6) is 0 Å². The van der Waals surface area contributed by atoms with Crippen LogP contribution in [0, 0.1) is 23.6 Å². The average molecular weight is 332 g/mol. The van der Waals surface area contributed by atoms with E-state index in [0.29, 0.717) is 17.4 Å². The normalized spacial score (nSPS) is 32.6. The van der Waals surface area contributed by atoms with E-state index >= 15 is 0 Å². The van der Waals surface area contributed by atoms with E-state index in [1.54, 1.807) is 0 Å². The summed E-state index contributed by atoms with van der Waals surface area (Å²) in [5, 5.41) is 6.19. The minimum Gasteiger partial charge on any atom is -0.353 e. The summed E-state index contributed by atoms with van der Waals surface area (Å²) in [7, 11) is 0. The molecular formula is C19H25FN2O2. The molecule has 0 spiro atoms. The van der Waals surface area contributed by atoms with Crippen LogP contribution in [0.15, 0.2) is 24.3 Å². The molecule has 1 aliphatic carbocycles. The lowest BCUT2D eigenvalue weighted by Gasteiger charge is -2.46. The monoisotopic (exact) mass is 332 g/mol. The fraction of sp³-hybridized carbons (Fsp3) is 0.579. The second-order valence-corrected chi connectivity index (χ2v) is 7.14. The molecule has 4 nitrogen and oxygen atoms in total. The molecule has 1 aromatic carbocycles. The summed E-state index contributed by atoms with van der Waals surface area (Å²) < 4.78 is 13.0. The number of carbonyl (C=O) groups is 2. The highest BCUT2D eigenvalue weighted by molar-refractivity contribution is 5.94. The van der Waals surface area contributed by atoms with E-state index in [0.717, 1.165) is 25.7 Å². The molecule has 1 saturated carbocycles. The largest absolute Gasteiger partial charge is 0.353 e. The van der Waals surface area contributed by atoms with Crippen molar-refractivity contribution in [2.45, 2.75) is 51.6 Å². The third-order valence-electron chi connectivity index (χ3n) is 5.76. The fourth-order valence-corrected chi connectivity index (χ4v) is 4.37. The van der Waals surface area contributed by atoms with Crippen LogP contribution in [0.3, 0.4) is 0 Å². The Kier molecular flexibility index (Phi) is 4.88. The van der Waals surface area contributed by atoms with Crippen molar-refractivity contribution in [2.24, 2.45) is 17.8 Å². The van der Waals surface area contributed by atoms with E-state index in [2.05, 4.69) is 24.5 Å². The van der Waals surface area contributed by atoms with Crippen LogP contribution in [-0.4, -0.2) is 23.9 Å². The van der Waals surface area contributed by atoms with Crippen molar-refractivity contribution in [3.8, 4) is 0 Å². The number of amides is 2. The van der Waals surface area contributed by atoms with Crippen LogP contribution in [0.1, 0.15) is 49.9 Å². The van der Waals surface area contributed by atoms with Crippen molar-refractivity contribution in [3.63, 3.8) is 0 Å². The van der Waals surface area contributed by atoms with Gasteiger partial charge >= 0.3 is 0 Å². The fourth-order valence-electron chi connectivity index (χ4n) is 4.37. The molecule has 5 unspecified atom stereocenters. The number of carbonyl (C=O) groups excluding carboxylic acids is 2. The van der Waals surface area contributed by atoms with Crippen LogP contribution < -0.4 is 10.6 Å². The summed E-state index contributed by atoms with van der Waals surface area (Å²) in [5.74, 6) is 0.610. The van der Waals surface area contributed by atoms with Gasteiger partial charge in [0.1, 0.15) is 5.82 Å². The van der Waals surface area contributed by atoms with Crippen molar-refractivity contribution in [3.05, 3.63) is 35.6 Å². The maximum Gasteiger partial charge on any atom is 0.251 e. The van der Waals surface area contributed by atoms with Gasteiger partial charge < -0.3 is 10.6 Å². The quantitative estimate of drug-likeness (QED) is 0.894. The number of rotatable bonds is 3. The molecule has 1 saturated heterocycles. The topological polar surface area (TPSA) is 58.2 Å². The lowest BCUT2D eigenvalue weighted by molar-refractivity contribution is -0.133. The lowest BCUT2D eigenvalue weighted by atomic mass is 9.67. The summed E-state index contributed by atoms with van der Waals surface area (Å²) in [6, 6.07) is 5.76. The molecule has 0 bridgehead atoms. The minimum absolute atomic E-state index is 0.0504. The van der Waals surface area contributed by atoms with E-state index in [4.69, 9.17) is 0 Å². The van der Waals surface area contributed by atoms with Gasteiger partial charge in [0.2, 0.25) is 5.91 Å². The Labute approximate surface area is 142 Å². The van der Waals surface area contributed by atoms with Gasteiger partial charge in [-0.25, -0.2) is 4.39 Å². The summed E-state index contributed by atoms with van der Waals surface area (Å²) in [4.78, 5) is 24.5. The molecule has 2 aliphatic rings. The number of benzene rings is 1. The molecule has 0 radical (unpaired) electrons. The predicted molar refractivity (Wildman–Crippen MR) is 89.9 cm³/mol. The van der Waals surface area contributed by atoms with Gasteiger partial charge in [-0.2, -0.15) is 0 Å². The second kappa shape index (κ2) is 6.91. The number of hydrogen-bond donors (Lipinski definition) is 2. The first-order chi connectivity index (χ1) is 11.5. The summed E-state index contributed by atoms with van der Waals surface area (Å²) in [6.45, 7) is 4.25. The standard InChI is InChI=1S/C19H25FN2O2/c1-3-15-11(2)16-9-8-14(10-17(16)22-19(15)24)21-18(23)12-4-6-13(20)7-5-12/h4-7,11,14-17H,3,8-10H2,1-2H3,(H,21,23)(H,22,24). The van der Waals surface area contributed by atoms with E-state index < -0.39 is 0 Å². The van der Waals surface area contributed by atoms with E-state index in [1.807, 2.05) is 0 Å². The maximum absolute atomic E-state index is 13.0. The van der Waals surface area contributed by atoms with E-state index in [9.17, 15) is 14.0 Å². The average Bonchev–Trinajstić information content (AvgIpc) is 2.55. The highest BCUT2D eigenvalue weighted by atomic mass is 19.1. The molecule has 5 atom stereocenters. The van der Waals surface area contributed by atoms with Crippen molar-refractivity contribution in [1.82, 2.24) is 10.6 Å². The van der Waals surface area contributed by atoms with Crippen LogP contribution in [0.4, 0.5) is 4.39 Å². The van der Waals surface area contributed by atoms with Gasteiger partial charge in [0.05, 0.1) is 0 Å². The highest BCUT2D eigenvalue weighted by Gasteiger charge is 2.43. The third-order valence-corrected chi connectivity index (χ3v) is 5.76. The zero-order valence-electron chi connectivity index (χ0n) is 14.2. The Hall–Kier alpha value is -1.91.